The molecular weight excluding hydrogens is 348 g/mol. The van der Waals surface area contributed by atoms with Crippen LogP contribution < -0.4 is 15.4 Å². The fraction of sp³-hybridized carbons (Fsp3) is 0.304. The standard InChI is InChI=1S/C23H28N4O/c1-17(18-9-11-21(28-3)12-10-18)13-15-26-23(24-2)27-16-20-7-4-6-19-8-5-14-25-22(19)20/h4-12,14,17H,13,15-16H2,1-3H3,(H2,24,26,27). The predicted molar refractivity (Wildman–Crippen MR) is 116 cm³/mol. The summed E-state index contributed by atoms with van der Waals surface area (Å²) in [6.07, 6.45) is 2.85. The zero-order valence-electron chi connectivity index (χ0n) is 16.8. The number of guanidine groups is 1. The van der Waals surface area contributed by atoms with E-state index in [1.54, 1.807) is 14.2 Å². The molecule has 3 rings (SSSR count). The molecule has 0 fully saturated rings. The topological polar surface area (TPSA) is 58.5 Å². The number of benzene rings is 2. The first-order valence-electron chi connectivity index (χ1n) is 9.62. The number of aromatic nitrogens is 1. The van der Waals surface area contributed by atoms with Gasteiger partial charge in [-0.1, -0.05) is 43.3 Å². The normalized spacial score (nSPS) is 12.6. The van der Waals surface area contributed by atoms with Gasteiger partial charge < -0.3 is 15.4 Å². The highest BCUT2D eigenvalue weighted by atomic mass is 16.5. The van der Waals surface area contributed by atoms with E-state index in [0.717, 1.165) is 41.1 Å². The second-order valence-electron chi connectivity index (χ2n) is 6.81. The lowest BCUT2D eigenvalue weighted by atomic mass is 9.98. The van der Waals surface area contributed by atoms with Crippen LogP contribution in [0.2, 0.25) is 0 Å². The Kier molecular flexibility index (Phi) is 6.84. The number of rotatable bonds is 7. The van der Waals surface area contributed by atoms with Gasteiger partial charge >= 0.3 is 0 Å². The summed E-state index contributed by atoms with van der Waals surface area (Å²) in [6, 6.07) is 18.6. The Morgan fingerprint density at radius 2 is 1.86 bits per heavy atom. The summed E-state index contributed by atoms with van der Waals surface area (Å²) in [5.74, 6) is 2.15. The molecule has 0 amide bonds. The summed E-state index contributed by atoms with van der Waals surface area (Å²) in [7, 11) is 3.48. The van der Waals surface area contributed by atoms with Crippen molar-refractivity contribution in [3.05, 3.63) is 71.9 Å². The number of hydrogen-bond donors (Lipinski definition) is 2. The Labute approximate surface area is 166 Å². The van der Waals surface area contributed by atoms with Crippen LogP contribution in [0.15, 0.2) is 65.8 Å². The minimum absolute atomic E-state index is 0.457. The maximum atomic E-state index is 5.23. The fourth-order valence-corrected chi connectivity index (χ4v) is 3.22. The van der Waals surface area contributed by atoms with E-state index in [1.807, 2.05) is 24.4 Å². The highest BCUT2D eigenvalue weighted by Gasteiger charge is 2.07. The molecule has 0 aliphatic rings. The molecule has 0 spiro atoms. The number of nitrogens with one attached hydrogen (secondary N) is 2. The molecule has 0 aliphatic heterocycles. The van der Waals surface area contributed by atoms with Crippen molar-refractivity contribution in [1.82, 2.24) is 15.6 Å². The number of fused-ring (bicyclic) bond motifs is 1. The van der Waals surface area contributed by atoms with Crippen LogP contribution in [0.3, 0.4) is 0 Å². The molecule has 1 atom stereocenters. The van der Waals surface area contributed by atoms with Gasteiger partial charge in [0, 0.05) is 31.7 Å². The van der Waals surface area contributed by atoms with E-state index in [-0.39, 0.29) is 0 Å². The smallest absolute Gasteiger partial charge is 0.191 e. The Balaban J connectivity index is 1.50. The van der Waals surface area contributed by atoms with E-state index in [9.17, 15) is 0 Å². The number of nitrogens with zero attached hydrogens (tertiary/aromatic N) is 2. The first kappa shape index (κ1) is 19.7. The van der Waals surface area contributed by atoms with Crippen LogP contribution >= 0.6 is 0 Å². The number of ether oxygens (including phenoxy) is 1. The highest BCUT2D eigenvalue weighted by molar-refractivity contribution is 5.83. The molecule has 0 saturated carbocycles. The first-order chi connectivity index (χ1) is 13.7. The summed E-state index contributed by atoms with van der Waals surface area (Å²) in [5.41, 5.74) is 3.50. The second kappa shape index (κ2) is 9.74. The van der Waals surface area contributed by atoms with Crippen molar-refractivity contribution >= 4 is 16.9 Å². The van der Waals surface area contributed by atoms with Crippen molar-refractivity contribution in [2.45, 2.75) is 25.8 Å². The zero-order chi connectivity index (χ0) is 19.8. The molecule has 0 aliphatic carbocycles. The summed E-state index contributed by atoms with van der Waals surface area (Å²) in [4.78, 5) is 8.84. The van der Waals surface area contributed by atoms with Crippen LogP contribution in [0.1, 0.15) is 30.4 Å². The Bertz CT molecular complexity index is 916. The quantitative estimate of drug-likeness (QED) is 0.481. The van der Waals surface area contributed by atoms with E-state index in [4.69, 9.17) is 4.74 Å². The zero-order valence-corrected chi connectivity index (χ0v) is 16.8. The van der Waals surface area contributed by atoms with Gasteiger partial charge in [0.1, 0.15) is 5.75 Å². The minimum Gasteiger partial charge on any atom is -0.497 e. The molecule has 2 N–H and O–H groups in total. The van der Waals surface area contributed by atoms with E-state index in [1.165, 1.54) is 5.56 Å². The average molecular weight is 377 g/mol. The SMILES string of the molecule is CN=C(NCCC(C)c1ccc(OC)cc1)NCc1cccc2cccnc12. The van der Waals surface area contributed by atoms with Gasteiger partial charge in [-0.2, -0.15) is 0 Å². The maximum Gasteiger partial charge on any atom is 0.191 e. The van der Waals surface area contributed by atoms with E-state index in [0.29, 0.717) is 12.5 Å². The second-order valence-corrected chi connectivity index (χ2v) is 6.81. The summed E-state index contributed by atoms with van der Waals surface area (Å²) in [5, 5.41) is 7.94. The number of hydrogen-bond acceptors (Lipinski definition) is 3. The third-order valence-electron chi connectivity index (χ3n) is 4.94. The molecule has 146 valence electrons. The van der Waals surface area contributed by atoms with Gasteiger partial charge in [-0.3, -0.25) is 9.98 Å². The van der Waals surface area contributed by atoms with Crippen molar-refractivity contribution in [3.8, 4) is 5.75 Å². The molecule has 28 heavy (non-hydrogen) atoms. The molecular formula is C23H28N4O. The van der Waals surface area contributed by atoms with Gasteiger partial charge in [-0.25, -0.2) is 0 Å². The van der Waals surface area contributed by atoms with Crippen molar-refractivity contribution < 1.29 is 4.74 Å². The molecule has 3 aromatic rings. The fourth-order valence-electron chi connectivity index (χ4n) is 3.22. The Morgan fingerprint density at radius 1 is 1.07 bits per heavy atom. The van der Waals surface area contributed by atoms with Crippen LogP contribution in [-0.2, 0) is 6.54 Å². The number of pyridine rings is 1. The summed E-state index contributed by atoms with van der Waals surface area (Å²) >= 11 is 0. The molecule has 2 aromatic carbocycles. The van der Waals surface area contributed by atoms with Crippen LogP contribution in [-0.4, -0.2) is 31.6 Å². The number of aliphatic imine (C=N–C) groups is 1. The van der Waals surface area contributed by atoms with Crippen LogP contribution in [0.25, 0.3) is 10.9 Å². The van der Waals surface area contributed by atoms with Gasteiger partial charge in [0.2, 0.25) is 0 Å². The van der Waals surface area contributed by atoms with Crippen molar-refractivity contribution in [2.24, 2.45) is 4.99 Å². The van der Waals surface area contributed by atoms with Crippen molar-refractivity contribution in [2.75, 3.05) is 20.7 Å². The Morgan fingerprint density at radius 3 is 2.61 bits per heavy atom. The van der Waals surface area contributed by atoms with Gasteiger partial charge in [-0.05, 0) is 41.7 Å². The molecule has 5 heteroatoms. The van der Waals surface area contributed by atoms with Gasteiger partial charge in [0.25, 0.3) is 0 Å². The van der Waals surface area contributed by atoms with Gasteiger partial charge in [0.05, 0.1) is 12.6 Å². The lowest BCUT2D eigenvalue weighted by Gasteiger charge is -2.16. The van der Waals surface area contributed by atoms with Crippen LogP contribution in [0.4, 0.5) is 0 Å². The van der Waals surface area contributed by atoms with Gasteiger partial charge in [0.15, 0.2) is 5.96 Å². The summed E-state index contributed by atoms with van der Waals surface area (Å²) < 4.78 is 5.23. The minimum atomic E-state index is 0.457. The molecule has 5 nitrogen and oxygen atoms in total. The number of methoxy groups -OCH3 is 1. The van der Waals surface area contributed by atoms with Crippen molar-refractivity contribution in [1.29, 1.82) is 0 Å². The van der Waals surface area contributed by atoms with Crippen LogP contribution in [0, 0.1) is 0 Å². The maximum absolute atomic E-state index is 5.23. The lowest BCUT2D eigenvalue weighted by Crippen LogP contribution is -2.37. The molecule has 0 saturated heterocycles. The van der Waals surface area contributed by atoms with Crippen LogP contribution in [0.5, 0.6) is 5.75 Å². The molecule has 0 radical (unpaired) electrons. The largest absolute Gasteiger partial charge is 0.497 e. The highest BCUT2D eigenvalue weighted by Crippen LogP contribution is 2.21. The van der Waals surface area contributed by atoms with E-state index >= 15 is 0 Å². The third kappa shape index (κ3) is 5.00. The number of para-hydroxylation sites is 1. The molecule has 1 heterocycles. The first-order valence-corrected chi connectivity index (χ1v) is 9.62. The monoisotopic (exact) mass is 376 g/mol. The molecule has 1 aromatic heterocycles. The molecule has 1 unspecified atom stereocenters. The van der Waals surface area contributed by atoms with E-state index < -0.39 is 0 Å². The Hall–Kier alpha value is -3.08. The van der Waals surface area contributed by atoms with Crippen molar-refractivity contribution in [3.63, 3.8) is 0 Å². The van der Waals surface area contributed by atoms with E-state index in [2.05, 4.69) is 63.9 Å². The van der Waals surface area contributed by atoms with Gasteiger partial charge in [-0.15, -0.1) is 0 Å². The summed E-state index contributed by atoms with van der Waals surface area (Å²) in [6.45, 7) is 3.77. The third-order valence-corrected chi connectivity index (χ3v) is 4.94. The molecule has 0 bridgehead atoms. The predicted octanol–water partition coefficient (Wildman–Crippen LogP) is 4.10. The average Bonchev–Trinajstić information content (AvgIpc) is 2.76. The lowest BCUT2D eigenvalue weighted by molar-refractivity contribution is 0.414.